The number of rotatable bonds is 4. The molecule has 0 fully saturated rings. The van der Waals surface area contributed by atoms with Gasteiger partial charge >= 0.3 is 0 Å². The zero-order valence-electron chi connectivity index (χ0n) is 11.3. The number of benzene rings is 2. The summed E-state index contributed by atoms with van der Waals surface area (Å²) in [4.78, 5) is -0.254. The van der Waals surface area contributed by atoms with Crippen LogP contribution >= 0.6 is 11.6 Å². The molecule has 0 saturated carbocycles. The number of hydrogen-bond acceptors (Lipinski definition) is 3. The van der Waals surface area contributed by atoms with Crippen LogP contribution in [0, 0.1) is 5.82 Å². The van der Waals surface area contributed by atoms with Crippen LogP contribution in [0.1, 0.15) is 5.56 Å². The molecule has 0 radical (unpaired) electrons. The molecule has 112 valence electrons. The van der Waals surface area contributed by atoms with Crippen molar-refractivity contribution in [3.05, 3.63) is 58.9 Å². The van der Waals surface area contributed by atoms with Crippen LogP contribution in [0.3, 0.4) is 0 Å². The van der Waals surface area contributed by atoms with Gasteiger partial charge in [0.1, 0.15) is 10.7 Å². The van der Waals surface area contributed by atoms with Crippen molar-refractivity contribution in [3.8, 4) is 0 Å². The molecule has 0 amide bonds. The van der Waals surface area contributed by atoms with Gasteiger partial charge in [0.25, 0.3) is 0 Å². The average molecular weight is 329 g/mol. The smallest absolute Gasteiger partial charge is 0.244 e. The summed E-state index contributed by atoms with van der Waals surface area (Å²) in [6, 6.07) is 10.1. The van der Waals surface area contributed by atoms with Crippen LogP contribution in [0.4, 0.5) is 10.1 Å². The van der Waals surface area contributed by atoms with E-state index >= 15 is 0 Å². The van der Waals surface area contributed by atoms with Gasteiger partial charge in [-0.05, 0) is 35.9 Å². The normalized spacial score (nSPS) is 11.8. The Morgan fingerprint density at radius 3 is 2.62 bits per heavy atom. The molecule has 4 nitrogen and oxygen atoms in total. The van der Waals surface area contributed by atoms with Gasteiger partial charge in [0, 0.05) is 19.3 Å². The molecule has 2 aromatic carbocycles. The van der Waals surface area contributed by atoms with Crippen molar-refractivity contribution in [2.75, 3.05) is 12.8 Å². The van der Waals surface area contributed by atoms with Crippen LogP contribution in [0.5, 0.6) is 0 Å². The zero-order valence-corrected chi connectivity index (χ0v) is 12.8. The fraction of sp³-hybridized carbons (Fsp3) is 0.143. The van der Waals surface area contributed by atoms with Crippen molar-refractivity contribution in [2.24, 2.45) is 0 Å². The van der Waals surface area contributed by atoms with Crippen molar-refractivity contribution in [3.63, 3.8) is 0 Å². The van der Waals surface area contributed by atoms with Crippen LogP contribution < -0.4 is 5.73 Å². The lowest BCUT2D eigenvalue weighted by molar-refractivity contribution is 0.466. The summed E-state index contributed by atoms with van der Waals surface area (Å²) in [7, 11) is -2.48. The molecule has 0 spiro atoms. The molecule has 2 aromatic rings. The van der Waals surface area contributed by atoms with Crippen molar-refractivity contribution in [1.29, 1.82) is 0 Å². The van der Waals surface area contributed by atoms with Gasteiger partial charge in [-0.25, -0.2) is 12.8 Å². The lowest BCUT2D eigenvalue weighted by Crippen LogP contribution is -2.26. The molecule has 7 heteroatoms. The molecule has 21 heavy (non-hydrogen) atoms. The Balaban J connectivity index is 2.33. The van der Waals surface area contributed by atoms with Gasteiger partial charge in [-0.1, -0.05) is 23.7 Å². The van der Waals surface area contributed by atoms with E-state index in [4.69, 9.17) is 17.3 Å². The summed E-state index contributed by atoms with van der Waals surface area (Å²) in [5.41, 5.74) is 6.93. The third-order valence-electron chi connectivity index (χ3n) is 2.94. The number of nitrogens with two attached hydrogens (primary N) is 1. The quantitative estimate of drug-likeness (QED) is 0.878. The number of anilines is 1. The van der Waals surface area contributed by atoms with Gasteiger partial charge in [-0.15, -0.1) is 0 Å². The van der Waals surface area contributed by atoms with E-state index in [9.17, 15) is 12.8 Å². The highest BCUT2D eigenvalue weighted by atomic mass is 35.5. The molecule has 2 rings (SSSR count). The first-order valence-corrected chi connectivity index (χ1v) is 7.88. The van der Waals surface area contributed by atoms with Crippen LogP contribution in [-0.4, -0.2) is 19.8 Å². The fourth-order valence-electron chi connectivity index (χ4n) is 1.88. The summed E-state index contributed by atoms with van der Waals surface area (Å²) >= 11 is 5.86. The van der Waals surface area contributed by atoms with E-state index in [1.807, 2.05) is 0 Å². The monoisotopic (exact) mass is 328 g/mol. The number of halogens is 2. The maximum atomic E-state index is 13.3. The highest BCUT2D eigenvalue weighted by Gasteiger charge is 2.24. The molecule has 2 N–H and O–H groups in total. The van der Waals surface area contributed by atoms with E-state index in [1.54, 1.807) is 24.3 Å². The second-order valence-corrected chi connectivity index (χ2v) is 7.00. The van der Waals surface area contributed by atoms with Gasteiger partial charge in [0.2, 0.25) is 10.0 Å². The topological polar surface area (TPSA) is 63.4 Å². The van der Waals surface area contributed by atoms with Gasteiger partial charge in [0.15, 0.2) is 0 Å². The van der Waals surface area contributed by atoms with E-state index in [0.717, 1.165) is 22.0 Å². The molecule has 0 atom stereocenters. The Labute approximate surface area is 128 Å². The Morgan fingerprint density at radius 1 is 1.24 bits per heavy atom. The second-order valence-electron chi connectivity index (χ2n) is 4.58. The van der Waals surface area contributed by atoms with Crippen LogP contribution in [-0.2, 0) is 16.6 Å². The number of sulfonamides is 1. The SMILES string of the molecule is CN(Cc1cccc(N)c1)S(=O)(=O)c1cc(F)ccc1Cl. The van der Waals surface area contributed by atoms with Crippen molar-refractivity contribution >= 4 is 27.3 Å². The first kappa shape index (κ1) is 15.8. The van der Waals surface area contributed by atoms with Gasteiger partial charge in [0.05, 0.1) is 5.02 Å². The molecule has 0 aliphatic heterocycles. The van der Waals surface area contributed by atoms with Crippen LogP contribution in [0.25, 0.3) is 0 Å². The number of nitrogen functional groups attached to an aromatic ring is 1. The van der Waals surface area contributed by atoms with E-state index in [-0.39, 0.29) is 16.5 Å². The molecular formula is C14H14ClFN2O2S. The molecule has 0 aromatic heterocycles. The predicted molar refractivity (Wildman–Crippen MR) is 80.9 cm³/mol. The van der Waals surface area contributed by atoms with Gasteiger partial charge in [-0.3, -0.25) is 0 Å². The van der Waals surface area contributed by atoms with E-state index < -0.39 is 15.8 Å². The van der Waals surface area contributed by atoms with Gasteiger partial charge < -0.3 is 5.73 Å². The van der Waals surface area contributed by atoms with E-state index in [2.05, 4.69) is 0 Å². The summed E-state index contributed by atoms with van der Waals surface area (Å²) < 4.78 is 39.2. The van der Waals surface area contributed by atoms with Crippen LogP contribution in [0.2, 0.25) is 5.02 Å². The lowest BCUT2D eigenvalue weighted by atomic mass is 10.2. The third-order valence-corrected chi connectivity index (χ3v) is 5.22. The number of nitrogens with zero attached hydrogens (tertiary/aromatic N) is 1. The maximum Gasteiger partial charge on any atom is 0.244 e. The summed E-state index contributed by atoms with van der Waals surface area (Å²) in [6.45, 7) is 0.111. The fourth-order valence-corrected chi connectivity index (χ4v) is 3.52. The lowest BCUT2D eigenvalue weighted by Gasteiger charge is -2.18. The summed E-state index contributed by atoms with van der Waals surface area (Å²) in [5, 5.41) is -0.0178. The first-order chi connectivity index (χ1) is 9.80. The highest BCUT2D eigenvalue weighted by molar-refractivity contribution is 7.89. The zero-order chi connectivity index (χ0) is 15.6. The molecule has 0 saturated heterocycles. The van der Waals surface area contributed by atoms with E-state index in [0.29, 0.717) is 5.69 Å². The second kappa shape index (κ2) is 6.01. The van der Waals surface area contributed by atoms with E-state index in [1.165, 1.54) is 13.1 Å². The minimum atomic E-state index is -3.88. The Kier molecular flexibility index (Phi) is 4.51. The van der Waals surface area contributed by atoms with Crippen molar-refractivity contribution in [2.45, 2.75) is 11.4 Å². The third kappa shape index (κ3) is 3.53. The Bertz CT molecular complexity index is 765. The summed E-state index contributed by atoms with van der Waals surface area (Å²) in [5.74, 6) is -0.657. The highest BCUT2D eigenvalue weighted by Crippen LogP contribution is 2.25. The van der Waals surface area contributed by atoms with Crippen molar-refractivity contribution in [1.82, 2.24) is 4.31 Å². The van der Waals surface area contributed by atoms with Gasteiger partial charge in [-0.2, -0.15) is 4.31 Å². The molecule has 0 heterocycles. The molecule has 0 aliphatic rings. The molecule has 0 unspecified atom stereocenters. The minimum absolute atomic E-state index is 0.0178. The van der Waals surface area contributed by atoms with Crippen LogP contribution in [0.15, 0.2) is 47.4 Å². The number of hydrogen-bond donors (Lipinski definition) is 1. The predicted octanol–water partition coefficient (Wildman–Crippen LogP) is 2.88. The largest absolute Gasteiger partial charge is 0.399 e. The molecule has 0 aliphatic carbocycles. The molecule has 0 bridgehead atoms. The average Bonchev–Trinajstić information content (AvgIpc) is 2.41. The Hall–Kier alpha value is -1.63. The first-order valence-electron chi connectivity index (χ1n) is 6.06. The molecular weight excluding hydrogens is 315 g/mol. The Morgan fingerprint density at radius 2 is 1.95 bits per heavy atom. The van der Waals surface area contributed by atoms with Crippen molar-refractivity contribution < 1.29 is 12.8 Å². The summed E-state index contributed by atoms with van der Waals surface area (Å²) in [6.07, 6.45) is 0. The standard InChI is InChI=1S/C14H14ClFN2O2S/c1-18(9-10-3-2-4-12(17)7-10)21(19,20)14-8-11(16)5-6-13(14)15/h2-8H,9,17H2,1H3. The maximum absolute atomic E-state index is 13.3. The minimum Gasteiger partial charge on any atom is -0.399 e.